The lowest BCUT2D eigenvalue weighted by Gasteiger charge is -2.16. The second-order valence-corrected chi connectivity index (χ2v) is 4.65. The monoisotopic (exact) mass is 232 g/mol. The summed E-state index contributed by atoms with van der Waals surface area (Å²) in [7, 11) is 0. The van der Waals surface area contributed by atoms with Crippen LogP contribution in [0.5, 0.6) is 0 Å². The number of aldehydes is 2. The molecule has 0 aromatic rings. The Morgan fingerprint density at radius 1 is 1.35 bits per heavy atom. The summed E-state index contributed by atoms with van der Waals surface area (Å²) in [6, 6.07) is 0. The van der Waals surface area contributed by atoms with Gasteiger partial charge in [-0.05, 0) is 56.1 Å². The molecule has 1 aliphatic carbocycles. The molecule has 0 saturated heterocycles. The minimum atomic E-state index is 0.170. The lowest BCUT2D eigenvalue weighted by Crippen LogP contribution is -2.06. The summed E-state index contributed by atoms with van der Waals surface area (Å²) in [6.07, 6.45) is 10.3. The maximum absolute atomic E-state index is 10.9. The van der Waals surface area contributed by atoms with E-state index in [4.69, 9.17) is 0 Å². The smallest absolute Gasteiger partial charge is 0.145 e. The van der Waals surface area contributed by atoms with Gasteiger partial charge >= 0.3 is 0 Å². The van der Waals surface area contributed by atoms with Gasteiger partial charge in [0.25, 0.3) is 0 Å². The van der Waals surface area contributed by atoms with E-state index < -0.39 is 0 Å². The van der Waals surface area contributed by atoms with Gasteiger partial charge in [-0.1, -0.05) is 24.3 Å². The Labute approximate surface area is 103 Å². The average molecular weight is 232 g/mol. The van der Waals surface area contributed by atoms with Gasteiger partial charge in [0.15, 0.2) is 0 Å². The van der Waals surface area contributed by atoms with Gasteiger partial charge in [0, 0.05) is 0 Å². The van der Waals surface area contributed by atoms with Gasteiger partial charge < -0.3 is 0 Å². The van der Waals surface area contributed by atoms with Gasteiger partial charge in [-0.3, -0.25) is 9.59 Å². The highest BCUT2D eigenvalue weighted by molar-refractivity contribution is 5.74. The van der Waals surface area contributed by atoms with Gasteiger partial charge in [0.1, 0.15) is 12.6 Å². The highest BCUT2D eigenvalue weighted by Gasteiger charge is 2.13. The standard InChI is InChI=1S/C15H20O2/c1-12-4-3-5-14(11-17)7-9-15(8-6-12)13(2)10-16/h5-6,10-11,15H,2-4,7-9H2,1H3/b12-6+,14-5+/t15-/m0/s1. The molecule has 1 rings (SSSR count). The molecule has 92 valence electrons. The summed E-state index contributed by atoms with van der Waals surface area (Å²) in [4.78, 5) is 21.7. The summed E-state index contributed by atoms with van der Waals surface area (Å²) in [5, 5.41) is 0. The quantitative estimate of drug-likeness (QED) is 0.424. The summed E-state index contributed by atoms with van der Waals surface area (Å²) in [6.45, 7) is 5.89. The van der Waals surface area contributed by atoms with Crippen molar-refractivity contribution in [1.82, 2.24) is 0 Å². The van der Waals surface area contributed by atoms with E-state index in [1.165, 1.54) is 5.57 Å². The normalized spacial score (nSPS) is 28.2. The lowest BCUT2D eigenvalue weighted by molar-refractivity contribution is -0.105. The van der Waals surface area contributed by atoms with Crippen LogP contribution in [0.2, 0.25) is 0 Å². The third kappa shape index (κ3) is 4.51. The third-order valence-electron chi connectivity index (χ3n) is 3.30. The van der Waals surface area contributed by atoms with E-state index in [1.807, 2.05) is 6.08 Å². The van der Waals surface area contributed by atoms with Crippen molar-refractivity contribution in [1.29, 1.82) is 0 Å². The zero-order valence-electron chi connectivity index (χ0n) is 10.4. The number of hydrogen-bond donors (Lipinski definition) is 0. The van der Waals surface area contributed by atoms with Crippen LogP contribution < -0.4 is 0 Å². The zero-order valence-corrected chi connectivity index (χ0v) is 10.4. The van der Waals surface area contributed by atoms with E-state index in [2.05, 4.69) is 19.6 Å². The van der Waals surface area contributed by atoms with Gasteiger partial charge in [0.2, 0.25) is 0 Å². The van der Waals surface area contributed by atoms with Crippen molar-refractivity contribution in [2.24, 2.45) is 5.92 Å². The summed E-state index contributed by atoms with van der Waals surface area (Å²) in [5.41, 5.74) is 2.81. The summed E-state index contributed by atoms with van der Waals surface area (Å²) in [5.74, 6) is 0.170. The maximum Gasteiger partial charge on any atom is 0.145 e. The van der Waals surface area contributed by atoms with E-state index in [0.717, 1.165) is 50.2 Å². The van der Waals surface area contributed by atoms with Gasteiger partial charge in [-0.15, -0.1) is 0 Å². The fourth-order valence-corrected chi connectivity index (χ4v) is 2.03. The van der Waals surface area contributed by atoms with Crippen molar-refractivity contribution in [3.05, 3.63) is 35.5 Å². The first-order chi connectivity index (χ1) is 8.17. The molecule has 0 bridgehead atoms. The molecule has 2 nitrogen and oxygen atoms in total. The molecule has 0 aromatic carbocycles. The highest BCUT2D eigenvalue weighted by atomic mass is 16.1. The Hall–Kier alpha value is -1.44. The Morgan fingerprint density at radius 2 is 2.12 bits per heavy atom. The molecule has 17 heavy (non-hydrogen) atoms. The molecular formula is C15H20O2. The molecular weight excluding hydrogens is 212 g/mol. The Kier molecular flexibility index (Phi) is 5.61. The van der Waals surface area contributed by atoms with Gasteiger partial charge in [-0.25, -0.2) is 0 Å². The predicted molar refractivity (Wildman–Crippen MR) is 69.7 cm³/mol. The van der Waals surface area contributed by atoms with E-state index in [0.29, 0.717) is 5.57 Å². The number of hydrogen-bond acceptors (Lipinski definition) is 2. The van der Waals surface area contributed by atoms with E-state index in [9.17, 15) is 9.59 Å². The zero-order chi connectivity index (χ0) is 12.7. The molecule has 0 fully saturated rings. The van der Waals surface area contributed by atoms with Gasteiger partial charge in [-0.2, -0.15) is 0 Å². The Balaban J connectivity index is 2.81. The van der Waals surface area contributed by atoms with Crippen LogP contribution >= 0.6 is 0 Å². The Bertz CT molecular complexity index is 361. The lowest BCUT2D eigenvalue weighted by atomic mass is 9.88. The molecule has 0 N–H and O–H groups in total. The fourth-order valence-electron chi connectivity index (χ4n) is 2.03. The minimum Gasteiger partial charge on any atom is -0.298 e. The van der Waals surface area contributed by atoms with Crippen molar-refractivity contribution < 1.29 is 9.59 Å². The van der Waals surface area contributed by atoms with Crippen LogP contribution in [0.25, 0.3) is 0 Å². The largest absolute Gasteiger partial charge is 0.298 e. The van der Waals surface area contributed by atoms with Crippen molar-refractivity contribution in [2.75, 3.05) is 0 Å². The fraction of sp³-hybridized carbons (Fsp3) is 0.467. The first kappa shape index (κ1) is 13.6. The van der Waals surface area contributed by atoms with Crippen LogP contribution in [-0.2, 0) is 9.59 Å². The molecule has 0 saturated carbocycles. The van der Waals surface area contributed by atoms with E-state index in [-0.39, 0.29) is 5.92 Å². The number of carbonyl (C=O) groups excluding carboxylic acids is 2. The predicted octanol–water partition coefficient (Wildman–Crippen LogP) is 3.39. The molecule has 1 aliphatic rings. The molecule has 0 spiro atoms. The molecule has 0 aromatic heterocycles. The minimum absolute atomic E-state index is 0.170. The summed E-state index contributed by atoms with van der Waals surface area (Å²) >= 11 is 0. The first-order valence-corrected chi connectivity index (χ1v) is 6.11. The molecule has 0 heterocycles. The van der Waals surface area contributed by atoms with Gasteiger partial charge in [0.05, 0.1) is 0 Å². The second-order valence-electron chi connectivity index (χ2n) is 4.65. The summed E-state index contributed by atoms with van der Waals surface area (Å²) < 4.78 is 0. The molecule has 0 unspecified atom stereocenters. The number of allylic oxidation sites excluding steroid dienone is 5. The van der Waals surface area contributed by atoms with Crippen LogP contribution in [0, 0.1) is 5.92 Å². The first-order valence-electron chi connectivity index (χ1n) is 6.11. The molecule has 0 amide bonds. The molecule has 0 radical (unpaired) electrons. The van der Waals surface area contributed by atoms with Crippen LogP contribution in [0.3, 0.4) is 0 Å². The van der Waals surface area contributed by atoms with E-state index in [1.54, 1.807) is 0 Å². The Morgan fingerprint density at radius 3 is 2.76 bits per heavy atom. The highest BCUT2D eigenvalue weighted by Crippen LogP contribution is 2.24. The average Bonchev–Trinajstić information content (AvgIpc) is 2.35. The van der Waals surface area contributed by atoms with Crippen LogP contribution in [0.4, 0.5) is 0 Å². The van der Waals surface area contributed by atoms with Crippen molar-refractivity contribution >= 4 is 12.6 Å². The van der Waals surface area contributed by atoms with Crippen molar-refractivity contribution in [2.45, 2.75) is 39.0 Å². The van der Waals surface area contributed by atoms with Crippen LogP contribution in [-0.4, -0.2) is 12.6 Å². The van der Waals surface area contributed by atoms with Crippen LogP contribution in [0.15, 0.2) is 35.5 Å². The molecule has 1 atom stereocenters. The SMILES string of the molecule is C=C(C=O)[C@H]1C/C=C(\C)CC/C=C(/C=O)CC1. The second kappa shape index (κ2) is 7.00. The van der Waals surface area contributed by atoms with Crippen LogP contribution in [0.1, 0.15) is 39.0 Å². The number of carbonyl (C=O) groups is 2. The maximum atomic E-state index is 10.9. The van der Waals surface area contributed by atoms with Crippen molar-refractivity contribution in [3.63, 3.8) is 0 Å². The molecule has 2 heteroatoms. The number of rotatable bonds is 3. The van der Waals surface area contributed by atoms with E-state index >= 15 is 0 Å². The molecule has 0 aliphatic heterocycles. The van der Waals surface area contributed by atoms with Crippen molar-refractivity contribution in [3.8, 4) is 0 Å². The topological polar surface area (TPSA) is 34.1 Å². The third-order valence-corrected chi connectivity index (χ3v) is 3.30.